The molecule has 1 saturated carbocycles. The van der Waals surface area contributed by atoms with E-state index in [4.69, 9.17) is 4.42 Å². The molecular weight excluding hydrogens is 248 g/mol. The van der Waals surface area contributed by atoms with Crippen LogP contribution in [-0.2, 0) is 0 Å². The third-order valence-electron chi connectivity index (χ3n) is 4.78. The number of hydrogen-bond acceptors (Lipinski definition) is 2. The number of hydrogen-bond donors (Lipinski definition) is 1. The van der Waals surface area contributed by atoms with Crippen molar-refractivity contribution in [3.63, 3.8) is 0 Å². The summed E-state index contributed by atoms with van der Waals surface area (Å²) in [6, 6.07) is 8.02. The molecule has 1 N–H and O–H groups in total. The predicted octanol–water partition coefficient (Wildman–Crippen LogP) is 4.85. The van der Waals surface area contributed by atoms with E-state index in [0.29, 0.717) is 17.8 Å². The number of aliphatic hydroxyl groups is 1. The summed E-state index contributed by atoms with van der Waals surface area (Å²) in [6.07, 6.45) is 3.12. The molecule has 2 aromatic rings. The lowest BCUT2D eigenvalue weighted by Gasteiger charge is -2.34. The quantitative estimate of drug-likeness (QED) is 0.848. The molecule has 0 bridgehead atoms. The van der Waals surface area contributed by atoms with Gasteiger partial charge in [0.1, 0.15) is 11.3 Å². The first kappa shape index (κ1) is 13.7. The van der Waals surface area contributed by atoms with Gasteiger partial charge in [-0.05, 0) is 50.0 Å². The Morgan fingerprint density at radius 1 is 1.10 bits per heavy atom. The van der Waals surface area contributed by atoms with Gasteiger partial charge in [-0.15, -0.1) is 0 Å². The van der Waals surface area contributed by atoms with E-state index in [-0.39, 0.29) is 0 Å². The second kappa shape index (κ2) is 5.25. The average Bonchev–Trinajstić information content (AvgIpc) is 2.72. The molecule has 0 amide bonds. The normalized spacial score (nSPS) is 28.7. The zero-order chi connectivity index (χ0) is 14.3. The van der Waals surface area contributed by atoms with Crippen LogP contribution in [0.15, 0.2) is 28.7 Å². The average molecular weight is 272 g/mol. The van der Waals surface area contributed by atoms with E-state index in [1.165, 1.54) is 6.42 Å². The van der Waals surface area contributed by atoms with Gasteiger partial charge in [0, 0.05) is 10.9 Å². The molecule has 1 aromatic heterocycles. The van der Waals surface area contributed by atoms with Crippen molar-refractivity contribution >= 4 is 11.0 Å². The Balaban J connectivity index is 1.96. The number of rotatable bonds is 2. The third kappa shape index (κ3) is 2.37. The van der Waals surface area contributed by atoms with Crippen molar-refractivity contribution < 1.29 is 9.52 Å². The summed E-state index contributed by atoms with van der Waals surface area (Å²) >= 11 is 0. The smallest absolute Gasteiger partial charge is 0.134 e. The molecule has 1 heterocycles. The molecule has 1 aromatic carbocycles. The summed E-state index contributed by atoms with van der Waals surface area (Å²) in [5.41, 5.74) is 1.89. The van der Waals surface area contributed by atoms with Crippen LogP contribution >= 0.6 is 0 Å². The maximum Gasteiger partial charge on any atom is 0.134 e. The highest BCUT2D eigenvalue weighted by Gasteiger charge is 2.32. The van der Waals surface area contributed by atoms with Crippen LogP contribution < -0.4 is 0 Å². The molecule has 2 nitrogen and oxygen atoms in total. The number of benzene rings is 1. The molecule has 3 rings (SSSR count). The van der Waals surface area contributed by atoms with Crippen LogP contribution in [0, 0.1) is 24.7 Å². The summed E-state index contributed by atoms with van der Waals surface area (Å²) in [4.78, 5) is 0. The fourth-order valence-electron chi connectivity index (χ4n) is 4.06. The Bertz CT molecular complexity index is 588. The molecular formula is C18H24O2. The van der Waals surface area contributed by atoms with E-state index in [1.807, 2.05) is 25.1 Å². The summed E-state index contributed by atoms with van der Waals surface area (Å²) in [5, 5.41) is 12.0. The monoisotopic (exact) mass is 272 g/mol. The predicted molar refractivity (Wildman–Crippen MR) is 81.6 cm³/mol. The summed E-state index contributed by atoms with van der Waals surface area (Å²) < 4.78 is 5.80. The molecule has 1 fully saturated rings. The van der Waals surface area contributed by atoms with Crippen LogP contribution in [0.2, 0.25) is 0 Å². The molecule has 3 unspecified atom stereocenters. The van der Waals surface area contributed by atoms with Gasteiger partial charge in [-0.2, -0.15) is 0 Å². The van der Waals surface area contributed by atoms with E-state index < -0.39 is 6.10 Å². The van der Waals surface area contributed by atoms with E-state index in [9.17, 15) is 5.11 Å². The highest BCUT2D eigenvalue weighted by atomic mass is 16.3. The Labute approximate surface area is 120 Å². The molecule has 20 heavy (non-hydrogen) atoms. The maximum absolute atomic E-state index is 10.9. The molecule has 0 radical (unpaired) electrons. The molecule has 1 aliphatic carbocycles. The Morgan fingerprint density at radius 3 is 2.45 bits per heavy atom. The minimum atomic E-state index is -0.399. The Morgan fingerprint density at radius 2 is 1.75 bits per heavy atom. The molecule has 0 aliphatic heterocycles. The van der Waals surface area contributed by atoms with Gasteiger partial charge in [-0.3, -0.25) is 0 Å². The standard InChI is InChI=1S/C18H24O2/c1-11-8-12(2)10-14(9-11)18(19)17-13(3)20-16-7-5-4-6-15(16)17/h4-7,11-12,14,18-19H,8-10H2,1-3H3. The van der Waals surface area contributed by atoms with Crippen LogP contribution in [0.1, 0.15) is 50.5 Å². The first-order chi connectivity index (χ1) is 9.56. The fraction of sp³-hybridized carbons (Fsp3) is 0.556. The summed E-state index contributed by atoms with van der Waals surface area (Å²) in [7, 11) is 0. The van der Waals surface area contributed by atoms with Crippen molar-refractivity contribution in [1.82, 2.24) is 0 Å². The zero-order valence-electron chi connectivity index (χ0n) is 12.6. The minimum Gasteiger partial charge on any atom is -0.461 e. The number of furan rings is 1. The Hall–Kier alpha value is -1.28. The third-order valence-corrected chi connectivity index (χ3v) is 4.78. The molecule has 108 valence electrons. The van der Waals surface area contributed by atoms with E-state index in [0.717, 1.165) is 35.1 Å². The summed E-state index contributed by atoms with van der Waals surface area (Å²) in [6.45, 7) is 6.57. The van der Waals surface area contributed by atoms with Crippen molar-refractivity contribution in [2.45, 2.75) is 46.1 Å². The second-order valence-corrected chi connectivity index (χ2v) is 6.69. The lowest BCUT2D eigenvalue weighted by Crippen LogP contribution is -2.24. The van der Waals surface area contributed by atoms with Gasteiger partial charge in [0.25, 0.3) is 0 Å². The number of fused-ring (bicyclic) bond motifs is 1. The van der Waals surface area contributed by atoms with Gasteiger partial charge in [0.2, 0.25) is 0 Å². The van der Waals surface area contributed by atoms with Crippen LogP contribution in [0.25, 0.3) is 11.0 Å². The largest absolute Gasteiger partial charge is 0.461 e. The molecule has 0 saturated heterocycles. The van der Waals surface area contributed by atoms with Crippen molar-refractivity contribution in [3.05, 3.63) is 35.6 Å². The lowest BCUT2D eigenvalue weighted by molar-refractivity contribution is 0.0550. The first-order valence-corrected chi connectivity index (χ1v) is 7.72. The van der Waals surface area contributed by atoms with E-state index in [2.05, 4.69) is 19.9 Å². The number of para-hydroxylation sites is 1. The van der Waals surface area contributed by atoms with Crippen LogP contribution in [0.3, 0.4) is 0 Å². The van der Waals surface area contributed by atoms with Gasteiger partial charge in [0.15, 0.2) is 0 Å². The van der Waals surface area contributed by atoms with Gasteiger partial charge >= 0.3 is 0 Å². The molecule has 2 heteroatoms. The number of aliphatic hydroxyl groups excluding tert-OH is 1. The van der Waals surface area contributed by atoms with Gasteiger partial charge in [-0.1, -0.05) is 32.0 Å². The van der Waals surface area contributed by atoms with Crippen molar-refractivity contribution in [2.75, 3.05) is 0 Å². The van der Waals surface area contributed by atoms with Crippen molar-refractivity contribution in [2.24, 2.45) is 17.8 Å². The van der Waals surface area contributed by atoms with Crippen LogP contribution in [0.5, 0.6) is 0 Å². The fourth-order valence-corrected chi connectivity index (χ4v) is 4.06. The van der Waals surface area contributed by atoms with Gasteiger partial charge in [0.05, 0.1) is 6.10 Å². The first-order valence-electron chi connectivity index (χ1n) is 7.72. The van der Waals surface area contributed by atoms with E-state index >= 15 is 0 Å². The summed E-state index contributed by atoms with van der Waals surface area (Å²) in [5.74, 6) is 2.63. The van der Waals surface area contributed by atoms with Gasteiger partial charge in [-0.25, -0.2) is 0 Å². The zero-order valence-corrected chi connectivity index (χ0v) is 12.6. The SMILES string of the molecule is Cc1oc2ccccc2c1C(O)C1CC(C)CC(C)C1. The highest BCUT2D eigenvalue weighted by Crippen LogP contribution is 2.42. The Kier molecular flexibility index (Phi) is 3.59. The van der Waals surface area contributed by atoms with Gasteiger partial charge < -0.3 is 9.52 Å². The molecule has 1 aliphatic rings. The maximum atomic E-state index is 10.9. The topological polar surface area (TPSA) is 33.4 Å². The lowest BCUT2D eigenvalue weighted by atomic mass is 9.73. The molecule has 0 spiro atoms. The van der Waals surface area contributed by atoms with Crippen LogP contribution in [-0.4, -0.2) is 5.11 Å². The van der Waals surface area contributed by atoms with Crippen molar-refractivity contribution in [3.8, 4) is 0 Å². The minimum absolute atomic E-state index is 0.355. The van der Waals surface area contributed by atoms with Crippen LogP contribution in [0.4, 0.5) is 0 Å². The molecule has 3 atom stereocenters. The van der Waals surface area contributed by atoms with Crippen molar-refractivity contribution in [1.29, 1.82) is 0 Å². The second-order valence-electron chi connectivity index (χ2n) is 6.69. The van der Waals surface area contributed by atoms with E-state index in [1.54, 1.807) is 0 Å². The highest BCUT2D eigenvalue weighted by molar-refractivity contribution is 5.82. The number of aryl methyl sites for hydroxylation is 1.